The van der Waals surface area contributed by atoms with Crippen molar-refractivity contribution in [2.45, 2.75) is 24.9 Å². The van der Waals surface area contributed by atoms with E-state index >= 15 is 0 Å². The molecule has 3 aromatic heterocycles. The molecule has 10 heteroatoms. The van der Waals surface area contributed by atoms with E-state index in [1.807, 2.05) is 0 Å². The highest BCUT2D eigenvalue weighted by Gasteiger charge is 2.35. The first-order chi connectivity index (χ1) is 14.2. The lowest BCUT2D eigenvalue weighted by atomic mass is 9.87. The van der Waals surface area contributed by atoms with Crippen molar-refractivity contribution in [1.29, 1.82) is 0 Å². The van der Waals surface area contributed by atoms with Crippen LogP contribution in [0.25, 0.3) is 11.0 Å². The number of rotatable bonds is 2. The molecule has 158 valence electrons. The lowest BCUT2D eigenvalue weighted by Crippen LogP contribution is -2.41. The van der Waals surface area contributed by atoms with E-state index in [2.05, 4.69) is 9.97 Å². The quantitative estimate of drug-likeness (QED) is 0.644. The van der Waals surface area contributed by atoms with Crippen LogP contribution >= 0.6 is 0 Å². The Morgan fingerprint density at radius 3 is 2.57 bits per heavy atom. The Balaban J connectivity index is 1.54. The standard InChI is InChI=1S/C20H18F4N4O2/c1-27-15(20(22,23)24)3-2-13(18(27)29)19(30)28-8-5-11(6-9-28)16-12-4-7-25-17(12)26-10-14(16)21/h2-4,7,10-11H,5-6,8-9H2,1H3,(H,25,26). The lowest BCUT2D eigenvalue weighted by molar-refractivity contribution is -0.143. The molecule has 1 saturated heterocycles. The number of aromatic amines is 1. The number of nitrogens with zero attached hydrogens (tertiary/aromatic N) is 3. The molecular formula is C20H18F4N4O2. The molecule has 6 nitrogen and oxygen atoms in total. The van der Waals surface area contributed by atoms with Crippen LogP contribution in [-0.2, 0) is 13.2 Å². The van der Waals surface area contributed by atoms with E-state index in [-0.39, 0.29) is 24.6 Å². The second-order valence-electron chi connectivity index (χ2n) is 7.32. The molecule has 4 heterocycles. The zero-order valence-corrected chi connectivity index (χ0v) is 16.0. The number of halogens is 4. The Morgan fingerprint density at radius 2 is 1.90 bits per heavy atom. The highest BCUT2D eigenvalue weighted by Crippen LogP contribution is 2.34. The summed E-state index contributed by atoms with van der Waals surface area (Å²) in [6.45, 7) is 0.530. The number of fused-ring (bicyclic) bond motifs is 1. The second-order valence-corrected chi connectivity index (χ2v) is 7.32. The Bertz CT molecular complexity index is 1170. The lowest BCUT2D eigenvalue weighted by Gasteiger charge is -2.32. The van der Waals surface area contributed by atoms with Crippen LogP contribution in [0, 0.1) is 5.82 Å². The maximum absolute atomic E-state index is 14.4. The van der Waals surface area contributed by atoms with E-state index in [0.717, 1.165) is 25.4 Å². The number of nitrogens with one attached hydrogen (secondary N) is 1. The summed E-state index contributed by atoms with van der Waals surface area (Å²) in [4.78, 5) is 33.5. The van der Waals surface area contributed by atoms with Gasteiger partial charge in [0.2, 0.25) is 0 Å². The van der Waals surface area contributed by atoms with Gasteiger partial charge < -0.3 is 14.5 Å². The Labute approximate surface area is 168 Å². The van der Waals surface area contributed by atoms with Gasteiger partial charge in [-0.15, -0.1) is 0 Å². The Kier molecular flexibility index (Phi) is 4.87. The normalized spacial score (nSPS) is 15.7. The molecular weight excluding hydrogens is 404 g/mol. The Morgan fingerprint density at radius 1 is 1.20 bits per heavy atom. The predicted molar refractivity (Wildman–Crippen MR) is 101 cm³/mol. The SMILES string of the molecule is Cn1c(C(F)(F)F)ccc(C(=O)N2CCC(c3c(F)cnc4[nH]ccc34)CC2)c1=O. The molecule has 0 spiro atoms. The van der Waals surface area contributed by atoms with Gasteiger partial charge in [0.15, 0.2) is 0 Å². The maximum atomic E-state index is 14.4. The number of amides is 1. The molecule has 3 aromatic rings. The summed E-state index contributed by atoms with van der Waals surface area (Å²) in [6.07, 6.45) is -0.912. The fourth-order valence-electron chi connectivity index (χ4n) is 4.04. The number of aromatic nitrogens is 3. The summed E-state index contributed by atoms with van der Waals surface area (Å²) in [5.41, 5.74) is -1.30. The van der Waals surface area contributed by atoms with Crippen LogP contribution in [-0.4, -0.2) is 38.4 Å². The molecule has 1 aliphatic heterocycles. The predicted octanol–water partition coefficient (Wildman–Crippen LogP) is 3.44. The average molecular weight is 422 g/mol. The van der Waals surface area contributed by atoms with E-state index in [1.54, 1.807) is 12.3 Å². The van der Waals surface area contributed by atoms with Crippen molar-refractivity contribution in [1.82, 2.24) is 19.4 Å². The number of piperidine rings is 1. The number of pyridine rings is 2. The summed E-state index contributed by atoms with van der Waals surface area (Å²) in [6, 6.07) is 3.41. The average Bonchev–Trinajstić information content (AvgIpc) is 3.17. The van der Waals surface area contributed by atoms with Crippen LogP contribution in [0.15, 0.2) is 35.4 Å². The van der Waals surface area contributed by atoms with Gasteiger partial charge in [-0.25, -0.2) is 9.37 Å². The van der Waals surface area contributed by atoms with Gasteiger partial charge >= 0.3 is 6.18 Å². The van der Waals surface area contributed by atoms with E-state index in [4.69, 9.17) is 0 Å². The van der Waals surface area contributed by atoms with Crippen LogP contribution in [0.1, 0.15) is 40.4 Å². The van der Waals surface area contributed by atoms with Crippen molar-refractivity contribution in [3.8, 4) is 0 Å². The number of likely N-dealkylation sites (tertiary alicyclic amines) is 1. The maximum Gasteiger partial charge on any atom is 0.431 e. The number of hydrogen-bond acceptors (Lipinski definition) is 3. The van der Waals surface area contributed by atoms with Crippen LogP contribution < -0.4 is 5.56 Å². The fourth-order valence-corrected chi connectivity index (χ4v) is 4.04. The second kappa shape index (κ2) is 7.26. The van der Waals surface area contributed by atoms with Gasteiger partial charge in [0.25, 0.3) is 11.5 Å². The number of carbonyl (C=O) groups excluding carboxylic acids is 1. The van der Waals surface area contributed by atoms with Gasteiger partial charge in [-0.05, 0) is 37.0 Å². The summed E-state index contributed by atoms with van der Waals surface area (Å²) >= 11 is 0. The van der Waals surface area contributed by atoms with Crippen molar-refractivity contribution in [2.75, 3.05) is 13.1 Å². The van der Waals surface area contributed by atoms with Gasteiger partial charge in [-0.1, -0.05) is 0 Å². The summed E-state index contributed by atoms with van der Waals surface area (Å²) in [5.74, 6) is -1.17. The number of hydrogen-bond donors (Lipinski definition) is 1. The fraction of sp³-hybridized carbons (Fsp3) is 0.350. The topological polar surface area (TPSA) is 71.0 Å². The first-order valence-corrected chi connectivity index (χ1v) is 9.36. The molecule has 4 rings (SSSR count). The molecule has 0 saturated carbocycles. The van der Waals surface area contributed by atoms with Crippen molar-refractivity contribution in [3.05, 3.63) is 63.6 Å². The molecule has 0 atom stereocenters. The minimum atomic E-state index is -4.69. The molecule has 1 amide bonds. The van der Waals surface area contributed by atoms with Gasteiger partial charge in [0.05, 0.1) is 6.20 Å². The molecule has 0 aromatic carbocycles. The van der Waals surface area contributed by atoms with Gasteiger partial charge in [0, 0.05) is 37.3 Å². The monoisotopic (exact) mass is 422 g/mol. The van der Waals surface area contributed by atoms with Gasteiger partial charge in [-0.3, -0.25) is 9.59 Å². The third-order valence-electron chi connectivity index (χ3n) is 5.60. The highest BCUT2D eigenvalue weighted by molar-refractivity contribution is 5.94. The molecule has 0 unspecified atom stereocenters. The highest BCUT2D eigenvalue weighted by atomic mass is 19.4. The molecule has 30 heavy (non-hydrogen) atoms. The van der Waals surface area contributed by atoms with Crippen LogP contribution in [0.2, 0.25) is 0 Å². The number of carbonyl (C=O) groups is 1. The van der Waals surface area contributed by atoms with Crippen LogP contribution in [0.4, 0.5) is 17.6 Å². The molecule has 0 bridgehead atoms. The first-order valence-electron chi connectivity index (χ1n) is 9.36. The van der Waals surface area contributed by atoms with Crippen molar-refractivity contribution in [3.63, 3.8) is 0 Å². The van der Waals surface area contributed by atoms with Crippen LogP contribution in [0.3, 0.4) is 0 Å². The first kappa shape index (κ1) is 20.1. The third-order valence-corrected chi connectivity index (χ3v) is 5.60. The minimum absolute atomic E-state index is 0.134. The molecule has 0 radical (unpaired) electrons. The molecule has 0 aliphatic carbocycles. The zero-order valence-electron chi connectivity index (χ0n) is 16.0. The molecule has 1 N–H and O–H groups in total. The van der Waals surface area contributed by atoms with Crippen molar-refractivity contribution in [2.24, 2.45) is 7.05 Å². The summed E-state index contributed by atoms with van der Waals surface area (Å²) in [7, 11) is 0.989. The van der Waals surface area contributed by atoms with E-state index in [1.165, 1.54) is 4.90 Å². The summed E-state index contributed by atoms with van der Waals surface area (Å²) < 4.78 is 53.7. The largest absolute Gasteiger partial charge is 0.431 e. The zero-order chi connectivity index (χ0) is 21.6. The number of H-pyrrole nitrogens is 1. The van der Waals surface area contributed by atoms with E-state index < -0.39 is 29.2 Å². The van der Waals surface area contributed by atoms with Crippen LogP contribution in [0.5, 0.6) is 0 Å². The Hall–Kier alpha value is -3.17. The molecule has 1 fully saturated rings. The number of alkyl halides is 3. The summed E-state index contributed by atoms with van der Waals surface area (Å²) in [5, 5.41) is 0.691. The van der Waals surface area contributed by atoms with Gasteiger partial charge in [0.1, 0.15) is 22.7 Å². The third kappa shape index (κ3) is 3.35. The van der Waals surface area contributed by atoms with Crippen molar-refractivity contribution < 1.29 is 22.4 Å². The smallest absolute Gasteiger partial charge is 0.346 e. The van der Waals surface area contributed by atoms with E-state index in [9.17, 15) is 27.2 Å². The van der Waals surface area contributed by atoms with E-state index in [0.29, 0.717) is 34.0 Å². The minimum Gasteiger partial charge on any atom is -0.346 e. The molecule has 1 aliphatic rings. The van der Waals surface area contributed by atoms with Gasteiger partial charge in [-0.2, -0.15) is 13.2 Å². The van der Waals surface area contributed by atoms with Crippen molar-refractivity contribution >= 4 is 16.9 Å².